The van der Waals surface area contributed by atoms with Gasteiger partial charge in [-0.3, -0.25) is 0 Å². The van der Waals surface area contributed by atoms with Crippen molar-refractivity contribution in [2.24, 2.45) is 0 Å². The normalized spacial score (nSPS) is 21.9. The van der Waals surface area contributed by atoms with Crippen LogP contribution < -0.4 is 5.32 Å². The molecule has 6 heteroatoms. The maximum absolute atomic E-state index is 13.2. The molecule has 21 heavy (non-hydrogen) atoms. The van der Waals surface area contributed by atoms with E-state index < -0.39 is 5.82 Å². The van der Waals surface area contributed by atoms with Crippen molar-refractivity contribution >= 4 is 11.6 Å². The van der Waals surface area contributed by atoms with Gasteiger partial charge in [-0.2, -0.15) is 4.98 Å². The molecule has 0 amide bonds. The molecule has 1 unspecified atom stereocenters. The maximum Gasteiger partial charge on any atom is 0.234 e. The van der Waals surface area contributed by atoms with E-state index in [-0.39, 0.29) is 10.4 Å². The molecule has 1 aromatic heterocycles. The molecule has 3 rings (SSSR count). The van der Waals surface area contributed by atoms with Gasteiger partial charge in [-0.25, -0.2) is 4.39 Å². The summed E-state index contributed by atoms with van der Waals surface area (Å²) in [5, 5.41) is 7.46. The number of nitrogens with zero attached hydrogens (tertiary/aromatic N) is 2. The van der Waals surface area contributed by atoms with Crippen LogP contribution in [0, 0.1) is 5.82 Å². The van der Waals surface area contributed by atoms with Crippen LogP contribution in [-0.2, 0) is 5.41 Å². The van der Waals surface area contributed by atoms with Crippen molar-refractivity contribution in [2.45, 2.75) is 31.6 Å². The summed E-state index contributed by atoms with van der Waals surface area (Å²) in [5.74, 6) is 0.658. The zero-order valence-corrected chi connectivity index (χ0v) is 12.6. The largest absolute Gasteiger partial charge is 0.338 e. The van der Waals surface area contributed by atoms with Crippen LogP contribution in [0.5, 0.6) is 0 Å². The minimum atomic E-state index is -0.452. The zero-order chi connectivity index (χ0) is 14.9. The quantitative estimate of drug-likeness (QED) is 0.938. The molecule has 1 N–H and O–H groups in total. The average molecular weight is 310 g/mol. The fraction of sp³-hybridized carbons (Fsp3) is 0.467. The van der Waals surface area contributed by atoms with E-state index in [0.717, 1.165) is 32.4 Å². The van der Waals surface area contributed by atoms with Crippen LogP contribution in [0.25, 0.3) is 11.4 Å². The molecule has 1 aromatic carbocycles. The summed E-state index contributed by atoms with van der Waals surface area (Å²) in [5.41, 5.74) is 0.582. The van der Waals surface area contributed by atoms with Crippen LogP contribution in [0.15, 0.2) is 22.7 Å². The highest BCUT2D eigenvalue weighted by Gasteiger charge is 2.40. The van der Waals surface area contributed by atoms with Gasteiger partial charge >= 0.3 is 0 Å². The van der Waals surface area contributed by atoms with Crippen molar-refractivity contribution < 1.29 is 8.91 Å². The Hall–Kier alpha value is -1.46. The first-order chi connectivity index (χ1) is 10.1. The number of halogens is 2. The van der Waals surface area contributed by atoms with E-state index in [1.807, 2.05) is 0 Å². The molecular weight excluding hydrogens is 293 g/mol. The monoisotopic (exact) mass is 309 g/mol. The Bertz CT molecular complexity index is 638. The number of aromatic nitrogens is 2. The van der Waals surface area contributed by atoms with Gasteiger partial charge in [0.15, 0.2) is 0 Å². The predicted octanol–water partition coefficient (Wildman–Crippen LogP) is 3.56. The van der Waals surface area contributed by atoms with E-state index in [1.54, 1.807) is 6.07 Å². The third-order valence-corrected chi connectivity index (χ3v) is 4.32. The summed E-state index contributed by atoms with van der Waals surface area (Å²) >= 11 is 5.80. The second kappa shape index (κ2) is 5.73. The van der Waals surface area contributed by atoms with E-state index >= 15 is 0 Å². The number of nitrogens with one attached hydrogen (secondary N) is 1. The summed E-state index contributed by atoms with van der Waals surface area (Å²) in [6.45, 7) is 3.96. The number of hydrogen-bond donors (Lipinski definition) is 1. The van der Waals surface area contributed by atoms with Crippen LogP contribution in [0.1, 0.15) is 32.1 Å². The van der Waals surface area contributed by atoms with E-state index in [0.29, 0.717) is 17.3 Å². The predicted molar refractivity (Wildman–Crippen MR) is 78.8 cm³/mol. The lowest BCUT2D eigenvalue weighted by atomic mass is 9.82. The second-order valence-electron chi connectivity index (χ2n) is 5.51. The van der Waals surface area contributed by atoms with Crippen LogP contribution in [0.3, 0.4) is 0 Å². The number of rotatable bonds is 4. The summed E-state index contributed by atoms with van der Waals surface area (Å²) < 4.78 is 18.7. The molecule has 1 aliphatic rings. The Kier molecular flexibility index (Phi) is 3.95. The second-order valence-corrected chi connectivity index (χ2v) is 5.92. The third-order valence-electron chi connectivity index (χ3n) is 4.03. The lowest BCUT2D eigenvalue weighted by molar-refractivity contribution is 0.277. The van der Waals surface area contributed by atoms with Crippen molar-refractivity contribution in [3.63, 3.8) is 0 Å². The van der Waals surface area contributed by atoms with Crippen molar-refractivity contribution in [2.75, 3.05) is 13.1 Å². The van der Waals surface area contributed by atoms with E-state index in [4.69, 9.17) is 16.1 Å². The standard InChI is InChI=1S/C15H17ClFN3O/c1-2-5-15(6-7-18-9-15)14-19-13(20-21-14)10-3-4-12(17)11(16)8-10/h3-4,8,18H,2,5-7,9H2,1H3. The highest BCUT2D eigenvalue weighted by Crippen LogP contribution is 2.35. The average Bonchev–Trinajstić information content (AvgIpc) is 3.12. The molecule has 0 spiro atoms. The van der Waals surface area contributed by atoms with Gasteiger partial charge < -0.3 is 9.84 Å². The first-order valence-electron chi connectivity index (χ1n) is 7.15. The van der Waals surface area contributed by atoms with Gasteiger partial charge in [-0.15, -0.1) is 0 Å². The van der Waals surface area contributed by atoms with Gasteiger partial charge in [0.2, 0.25) is 11.7 Å². The number of benzene rings is 1. The van der Waals surface area contributed by atoms with Gasteiger partial charge in [-0.1, -0.05) is 30.1 Å². The molecule has 112 valence electrons. The minimum Gasteiger partial charge on any atom is -0.338 e. The molecule has 2 aromatic rings. The summed E-state index contributed by atoms with van der Waals surface area (Å²) in [6.07, 6.45) is 3.06. The minimum absolute atomic E-state index is 0.0599. The summed E-state index contributed by atoms with van der Waals surface area (Å²) in [4.78, 5) is 4.53. The lowest BCUT2D eigenvalue weighted by Gasteiger charge is -2.22. The smallest absolute Gasteiger partial charge is 0.234 e. The Balaban J connectivity index is 1.93. The van der Waals surface area contributed by atoms with Gasteiger partial charge in [0.05, 0.1) is 10.4 Å². The van der Waals surface area contributed by atoms with E-state index in [2.05, 4.69) is 22.4 Å². The Morgan fingerprint density at radius 3 is 3.00 bits per heavy atom. The van der Waals surface area contributed by atoms with Gasteiger partial charge in [0.1, 0.15) is 5.82 Å². The Labute approximate surface area is 127 Å². The van der Waals surface area contributed by atoms with Gasteiger partial charge in [0.25, 0.3) is 0 Å². The highest BCUT2D eigenvalue weighted by atomic mass is 35.5. The molecule has 1 aliphatic heterocycles. The fourth-order valence-electron chi connectivity index (χ4n) is 2.92. The van der Waals surface area contributed by atoms with Crippen LogP contribution in [0.2, 0.25) is 5.02 Å². The SMILES string of the molecule is CCCC1(c2nc(-c3ccc(F)c(Cl)c3)no2)CCNC1. The third kappa shape index (κ3) is 2.68. The van der Waals surface area contributed by atoms with Gasteiger partial charge in [-0.05, 0) is 37.6 Å². The molecule has 0 bridgehead atoms. The van der Waals surface area contributed by atoms with Crippen LogP contribution >= 0.6 is 11.6 Å². The molecule has 0 radical (unpaired) electrons. The molecule has 1 atom stereocenters. The Morgan fingerprint density at radius 1 is 1.48 bits per heavy atom. The fourth-order valence-corrected chi connectivity index (χ4v) is 3.10. The van der Waals surface area contributed by atoms with Crippen molar-refractivity contribution in [1.82, 2.24) is 15.5 Å². The summed E-state index contributed by atoms with van der Waals surface area (Å²) in [7, 11) is 0. The van der Waals surface area contributed by atoms with Gasteiger partial charge in [0, 0.05) is 12.1 Å². The zero-order valence-electron chi connectivity index (χ0n) is 11.8. The summed E-state index contributed by atoms with van der Waals surface area (Å²) in [6, 6.07) is 4.44. The molecule has 2 heterocycles. The number of hydrogen-bond acceptors (Lipinski definition) is 4. The Morgan fingerprint density at radius 2 is 2.33 bits per heavy atom. The topological polar surface area (TPSA) is 51.0 Å². The maximum atomic E-state index is 13.2. The van der Waals surface area contributed by atoms with Crippen molar-refractivity contribution in [1.29, 1.82) is 0 Å². The first-order valence-corrected chi connectivity index (χ1v) is 7.53. The van der Waals surface area contributed by atoms with E-state index in [1.165, 1.54) is 12.1 Å². The molecule has 0 aliphatic carbocycles. The van der Waals surface area contributed by atoms with Crippen LogP contribution in [0.4, 0.5) is 4.39 Å². The van der Waals surface area contributed by atoms with E-state index in [9.17, 15) is 4.39 Å². The first kappa shape index (κ1) is 14.5. The lowest BCUT2D eigenvalue weighted by Crippen LogP contribution is -2.29. The molecule has 4 nitrogen and oxygen atoms in total. The molecule has 1 fully saturated rings. The highest BCUT2D eigenvalue weighted by molar-refractivity contribution is 6.31. The van der Waals surface area contributed by atoms with Crippen LogP contribution in [-0.4, -0.2) is 23.2 Å². The van der Waals surface area contributed by atoms with Crippen molar-refractivity contribution in [3.05, 3.63) is 34.9 Å². The molecule has 0 saturated carbocycles. The molecular formula is C15H17ClFN3O. The van der Waals surface area contributed by atoms with Crippen molar-refractivity contribution in [3.8, 4) is 11.4 Å². The molecule has 1 saturated heterocycles.